The topological polar surface area (TPSA) is 138 Å². The Kier molecular flexibility index (Phi) is 19.5. The molecule has 0 unspecified atom stereocenters. The first-order chi connectivity index (χ1) is 13.2. The molecule has 0 aromatic rings. The molecule has 4 N–H and O–H groups in total. The summed E-state index contributed by atoms with van der Waals surface area (Å²) >= 11 is 0. The maximum absolute atomic E-state index is 10.1. The van der Waals surface area contributed by atoms with Gasteiger partial charge in [-0.15, -0.1) is 0 Å². The molecule has 0 spiro atoms. The summed E-state index contributed by atoms with van der Waals surface area (Å²) in [6.07, 6.45) is 1.20. The van der Waals surface area contributed by atoms with Gasteiger partial charge in [-0.05, 0) is 0 Å². The first-order valence-electron chi connectivity index (χ1n) is 9.18. The summed E-state index contributed by atoms with van der Waals surface area (Å²) < 4.78 is 21.2. The third-order valence-corrected chi connectivity index (χ3v) is 3.77. The van der Waals surface area contributed by atoms with Crippen LogP contribution in [0.15, 0.2) is 0 Å². The molecule has 0 aliphatic rings. The van der Waals surface area contributed by atoms with E-state index in [2.05, 4.69) is 0 Å². The second-order valence-corrected chi connectivity index (χ2v) is 5.68. The Hall–Kier alpha value is -0.690. The Morgan fingerprint density at radius 3 is 1.37 bits per heavy atom. The van der Waals surface area contributed by atoms with E-state index in [9.17, 15) is 25.2 Å². The summed E-state index contributed by atoms with van der Waals surface area (Å²) in [7, 11) is 0. The van der Waals surface area contributed by atoms with Gasteiger partial charge in [-0.25, -0.2) is 0 Å². The van der Waals surface area contributed by atoms with Gasteiger partial charge in [-0.1, -0.05) is 0 Å². The minimum atomic E-state index is -0.561. The largest absolute Gasteiger partial charge is 0.395 e. The monoisotopic (exact) mass is 397 g/mol. The van der Waals surface area contributed by atoms with E-state index in [0.717, 1.165) is 6.29 Å². The second kappa shape index (κ2) is 20.1. The van der Waals surface area contributed by atoms with Crippen molar-refractivity contribution in [3.8, 4) is 0 Å². The molecule has 0 saturated carbocycles. The zero-order valence-electron chi connectivity index (χ0n) is 15.9. The number of aliphatic hydroxyl groups excluding tert-OH is 4. The summed E-state index contributed by atoms with van der Waals surface area (Å²) in [5.74, 6) is 0. The van der Waals surface area contributed by atoms with Crippen molar-refractivity contribution in [3.63, 3.8) is 0 Å². The first kappa shape index (κ1) is 26.3. The van der Waals surface area contributed by atoms with Gasteiger partial charge in [0.15, 0.2) is 0 Å². The number of carbonyl (C=O) groups excluding carboxylic acids is 1. The highest BCUT2D eigenvalue weighted by molar-refractivity contribution is 5.49. The van der Waals surface area contributed by atoms with E-state index >= 15 is 0 Å². The molecule has 0 radical (unpaired) electrons. The maximum Gasteiger partial charge on any atom is 0.122 e. The number of nitrogens with zero attached hydrogens (tertiary/aromatic N) is 1. The lowest BCUT2D eigenvalue weighted by atomic mass is 10.2. The highest BCUT2D eigenvalue weighted by Crippen LogP contribution is 2.05. The SMILES string of the molecule is O=CCCOCCOCCOCCOCCN(C(CO)CO)C(CO)CO. The van der Waals surface area contributed by atoms with Crippen LogP contribution in [0.25, 0.3) is 0 Å². The maximum atomic E-state index is 10.1. The van der Waals surface area contributed by atoms with Gasteiger partial charge >= 0.3 is 0 Å². The number of carbonyl (C=O) groups is 1. The molecule has 27 heavy (non-hydrogen) atoms. The lowest BCUT2D eigenvalue weighted by molar-refractivity contribution is -0.109. The molecule has 0 heterocycles. The normalized spacial score (nSPS) is 11.8. The van der Waals surface area contributed by atoms with Gasteiger partial charge < -0.3 is 44.2 Å². The van der Waals surface area contributed by atoms with Gasteiger partial charge in [0.05, 0.1) is 91.4 Å². The van der Waals surface area contributed by atoms with Gasteiger partial charge in [-0.3, -0.25) is 4.90 Å². The van der Waals surface area contributed by atoms with Crippen LogP contribution in [-0.4, -0.2) is 130 Å². The Labute approximate surface area is 160 Å². The van der Waals surface area contributed by atoms with Crippen molar-refractivity contribution in [2.75, 3.05) is 85.8 Å². The molecular weight excluding hydrogens is 362 g/mol. The van der Waals surface area contributed by atoms with Crippen LogP contribution in [0.1, 0.15) is 6.42 Å². The molecule has 0 bridgehead atoms. The van der Waals surface area contributed by atoms with Crippen LogP contribution in [0.3, 0.4) is 0 Å². The third kappa shape index (κ3) is 14.0. The fraction of sp³-hybridized carbons (Fsp3) is 0.941. The quantitative estimate of drug-likeness (QED) is 0.123. The van der Waals surface area contributed by atoms with E-state index in [-0.39, 0.29) is 26.4 Å². The first-order valence-corrected chi connectivity index (χ1v) is 9.18. The minimum Gasteiger partial charge on any atom is -0.395 e. The van der Waals surface area contributed by atoms with Gasteiger partial charge in [0.25, 0.3) is 0 Å². The minimum absolute atomic E-state index is 0.280. The van der Waals surface area contributed by atoms with Crippen molar-refractivity contribution < 1.29 is 44.2 Å². The standard InChI is InChI=1S/C17H35NO9/c19-3-1-4-24-6-8-26-10-11-27-9-7-25-5-2-18(16(12-20)13-21)17(14-22)15-23/h3,16-17,20-23H,1-2,4-15H2. The Morgan fingerprint density at radius 2 is 1.00 bits per heavy atom. The Bertz CT molecular complexity index is 303. The molecule has 0 saturated heterocycles. The van der Waals surface area contributed by atoms with Crippen LogP contribution in [0.4, 0.5) is 0 Å². The van der Waals surface area contributed by atoms with E-state index < -0.39 is 12.1 Å². The van der Waals surface area contributed by atoms with Crippen molar-refractivity contribution in [3.05, 3.63) is 0 Å². The van der Waals surface area contributed by atoms with Gasteiger partial charge in [-0.2, -0.15) is 0 Å². The summed E-state index contributed by atoms with van der Waals surface area (Å²) in [5.41, 5.74) is 0. The molecule has 0 rings (SSSR count). The summed E-state index contributed by atoms with van der Waals surface area (Å²) in [6, 6.07) is -1.12. The van der Waals surface area contributed by atoms with E-state index in [1.807, 2.05) is 0 Å². The molecule has 0 aliphatic heterocycles. The van der Waals surface area contributed by atoms with E-state index in [1.54, 1.807) is 4.90 Å². The second-order valence-electron chi connectivity index (χ2n) is 5.68. The summed E-state index contributed by atoms with van der Waals surface area (Å²) in [4.78, 5) is 11.7. The van der Waals surface area contributed by atoms with Crippen LogP contribution in [0.2, 0.25) is 0 Å². The molecule has 0 aromatic carbocycles. The van der Waals surface area contributed by atoms with Crippen LogP contribution in [0.5, 0.6) is 0 Å². The molecule has 10 nitrogen and oxygen atoms in total. The van der Waals surface area contributed by atoms with Crippen molar-refractivity contribution in [1.82, 2.24) is 4.90 Å². The van der Waals surface area contributed by atoms with Crippen molar-refractivity contribution in [1.29, 1.82) is 0 Å². The zero-order valence-corrected chi connectivity index (χ0v) is 15.9. The van der Waals surface area contributed by atoms with E-state index in [1.165, 1.54) is 0 Å². The highest BCUT2D eigenvalue weighted by atomic mass is 16.6. The molecule has 0 fully saturated rings. The van der Waals surface area contributed by atoms with Gasteiger partial charge in [0, 0.05) is 13.0 Å². The van der Waals surface area contributed by atoms with Crippen LogP contribution in [-0.2, 0) is 23.7 Å². The zero-order chi connectivity index (χ0) is 20.2. The molecule has 10 heteroatoms. The number of aldehydes is 1. The van der Waals surface area contributed by atoms with Crippen LogP contribution >= 0.6 is 0 Å². The molecule has 0 atom stereocenters. The van der Waals surface area contributed by atoms with Crippen molar-refractivity contribution in [2.45, 2.75) is 18.5 Å². The lowest BCUT2D eigenvalue weighted by Crippen LogP contribution is -2.51. The third-order valence-electron chi connectivity index (χ3n) is 3.77. The number of aliphatic hydroxyl groups is 4. The van der Waals surface area contributed by atoms with E-state index in [0.29, 0.717) is 65.8 Å². The smallest absolute Gasteiger partial charge is 0.122 e. The average Bonchev–Trinajstić information content (AvgIpc) is 2.69. The number of ether oxygens (including phenoxy) is 4. The van der Waals surface area contributed by atoms with Gasteiger partial charge in [0.1, 0.15) is 6.29 Å². The van der Waals surface area contributed by atoms with Crippen molar-refractivity contribution >= 4 is 6.29 Å². The molecular formula is C17H35NO9. The van der Waals surface area contributed by atoms with Gasteiger partial charge in [0.2, 0.25) is 0 Å². The Morgan fingerprint density at radius 1 is 0.630 bits per heavy atom. The summed E-state index contributed by atoms with van der Waals surface area (Å²) in [5, 5.41) is 37.2. The average molecular weight is 397 g/mol. The van der Waals surface area contributed by atoms with Crippen LogP contribution < -0.4 is 0 Å². The molecule has 162 valence electrons. The number of hydrogen-bond acceptors (Lipinski definition) is 10. The molecule has 0 aliphatic carbocycles. The predicted molar refractivity (Wildman–Crippen MR) is 96.6 cm³/mol. The molecule has 0 aromatic heterocycles. The Balaban J connectivity index is 3.63. The van der Waals surface area contributed by atoms with E-state index in [4.69, 9.17) is 18.9 Å². The fourth-order valence-electron chi connectivity index (χ4n) is 2.26. The predicted octanol–water partition coefficient (Wildman–Crippen LogP) is -2.35. The fourth-order valence-corrected chi connectivity index (χ4v) is 2.26. The summed E-state index contributed by atoms with van der Waals surface area (Å²) in [6.45, 7) is 2.48. The highest BCUT2D eigenvalue weighted by Gasteiger charge is 2.24. The number of hydrogen-bond donors (Lipinski definition) is 4. The van der Waals surface area contributed by atoms with Crippen molar-refractivity contribution in [2.24, 2.45) is 0 Å². The lowest BCUT2D eigenvalue weighted by Gasteiger charge is -2.34. The van der Waals surface area contributed by atoms with Crippen LogP contribution in [0, 0.1) is 0 Å². The number of rotatable bonds is 21. The molecule has 0 amide bonds.